The highest BCUT2D eigenvalue weighted by Gasteiger charge is 2.24. The summed E-state index contributed by atoms with van der Waals surface area (Å²) in [7, 11) is -2.99. The third kappa shape index (κ3) is 4.13. The van der Waals surface area contributed by atoms with Crippen molar-refractivity contribution >= 4 is 22.4 Å². The second-order valence-corrected chi connectivity index (χ2v) is 5.84. The van der Waals surface area contributed by atoms with E-state index in [2.05, 4.69) is 5.32 Å². The van der Waals surface area contributed by atoms with Crippen LogP contribution in [0.2, 0.25) is 0 Å². The molecule has 0 bridgehead atoms. The van der Waals surface area contributed by atoms with Crippen LogP contribution in [0.15, 0.2) is 0 Å². The van der Waals surface area contributed by atoms with E-state index in [-0.39, 0.29) is 24.1 Å². The third-order valence-electron chi connectivity index (χ3n) is 2.01. The van der Waals surface area contributed by atoms with Gasteiger partial charge < -0.3 is 5.32 Å². The molecule has 1 N–H and O–H groups in total. The van der Waals surface area contributed by atoms with Gasteiger partial charge in [-0.2, -0.15) is 4.31 Å². The number of hydrogen-bond acceptors (Lipinski definition) is 3. The molecule has 1 aliphatic rings. The zero-order valence-corrected chi connectivity index (χ0v) is 10.3. The van der Waals surface area contributed by atoms with Gasteiger partial charge >= 0.3 is 0 Å². The Hall–Kier alpha value is 0.160. The second-order valence-electron chi connectivity index (χ2n) is 3.82. The van der Waals surface area contributed by atoms with Crippen molar-refractivity contribution in [3.05, 3.63) is 0 Å². The van der Waals surface area contributed by atoms with E-state index < -0.39 is 10.0 Å². The highest BCUT2D eigenvalue weighted by Crippen LogP contribution is 2.07. The van der Waals surface area contributed by atoms with Gasteiger partial charge in [0.15, 0.2) is 0 Å². The molecule has 1 rings (SSSR count). The topological polar surface area (TPSA) is 49.4 Å². The number of hydrogen-bond donors (Lipinski definition) is 1. The first-order valence-electron chi connectivity index (χ1n) is 4.71. The lowest BCUT2D eigenvalue weighted by Gasteiger charge is -2.27. The van der Waals surface area contributed by atoms with E-state index in [1.165, 1.54) is 0 Å². The van der Waals surface area contributed by atoms with E-state index in [0.717, 1.165) is 13.1 Å². The van der Waals surface area contributed by atoms with Crippen LogP contribution in [-0.4, -0.2) is 44.7 Å². The van der Waals surface area contributed by atoms with E-state index in [4.69, 9.17) is 0 Å². The lowest BCUT2D eigenvalue weighted by Crippen LogP contribution is -2.47. The maximum atomic E-state index is 11.7. The average Bonchev–Trinajstić information content (AvgIpc) is 2.04. The van der Waals surface area contributed by atoms with Crippen LogP contribution in [-0.2, 0) is 10.0 Å². The van der Waals surface area contributed by atoms with E-state index in [1.54, 1.807) is 4.31 Å². The van der Waals surface area contributed by atoms with E-state index in [9.17, 15) is 8.42 Å². The van der Waals surface area contributed by atoms with Crippen LogP contribution in [0, 0.1) is 5.92 Å². The van der Waals surface area contributed by atoms with E-state index >= 15 is 0 Å². The smallest absolute Gasteiger partial charge is 0.214 e. The number of nitrogens with zero attached hydrogens (tertiary/aromatic N) is 1. The van der Waals surface area contributed by atoms with Crippen LogP contribution >= 0.6 is 12.4 Å². The molecule has 0 unspecified atom stereocenters. The summed E-state index contributed by atoms with van der Waals surface area (Å²) in [6, 6.07) is 0. The standard InChI is InChI=1S/C8H18N2O2S.ClH/c1-8(2)7-13(11,12)10-5-3-9-4-6-10;/h8-9H,3-7H2,1-2H3;1H. The van der Waals surface area contributed by atoms with Crippen LogP contribution in [0.25, 0.3) is 0 Å². The SMILES string of the molecule is CC(C)CS(=O)(=O)N1CCNCC1.Cl. The normalized spacial score (nSPS) is 19.4. The summed E-state index contributed by atoms with van der Waals surface area (Å²) in [5, 5.41) is 3.13. The Kier molecular flexibility index (Phi) is 5.97. The van der Waals surface area contributed by atoms with Gasteiger partial charge in [0.05, 0.1) is 5.75 Å². The van der Waals surface area contributed by atoms with Crippen molar-refractivity contribution in [1.82, 2.24) is 9.62 Å². The molecule has 1 heterocycles. The summed E-state index contributed by atoms with van der Waals surface area (Å²) in [6.45, 7) is 6.65. The van der Waals surface area contributed by atoms with Crippen LogP contribution in [0.1, 0.15) is 13.8 Å². The summed E-state index contributed by atoms with van der Waals surface area (Å²) in [6.07, 6.45) is 0. The number of rotatable bonds is 3. The predicted molar refractivity (Wildman–Crippen MR) is 60.3 cm³/mol. The molecule has 1 fully saturated rings. The molecule has 0 aromatic heterocycles. The minimum absolute atomic E-state index is 0. The predicted octanol–water partition coefficient (Wildman–Crippen LogP) is 0.299. The maximum absolute atomic E-state index is 11.7. The van der Waals surface area contributed by atoms with Crippen LogP contribution < -0.4 is 5.32 Å². The average molecular weight is 243 g/mol. The summed E-state index contributed by atoms with van der Waals surface area (Å²) in [5.41, 5.74) is 0. The van der Waals surface area contributed by atoms with Gasteiger partial charge in [0.1, 0.15) is 0 Å². The fourth-order valence-electron chi connectivity index (χ4n) is 1.45. The fourth-order valence-corrected chi connectivity index (χ4v) is 3.24. The van der Waals surface area contributed by atoms with Gasteiger partial charge in [0, 0.05) is 26.2 Å². The molecular formula is C8H19ClN2O2S. The lowest BCUT2D eigenvalue weighted by atomic mass is 10.3. The molecular weight excluding hydrogens is 224 g/mol. The van der Waals surface area contributed by atoms with E-state index in [1.807, 2.05) is 13.8 Å². The molecule has 14 heavy (non-hydrogen) atoms. The van der Waals surface area contributed by atoms with Crippen molar-refractivity contribution in [3.8, 4) is 0 Å². The van der Waals surface area contributed by atoms with Gasteiger partial charge in [-0.3, -0.25) is 0 Å². The molecule has 86 valence electrons. The van der Waals surface area contributed by atoms with Crippen LogP contribution in [0.5, 0.6) is 0 Å². The molecule has 4 nitrogen and oxygen atoms in total. The Balaban J connectivity index is 0.00000169. The zero-order valence-electron chi connectivity index (χ0n) is 8.69. The quantitative estimate of drug-likeness (QED) is 0.775. The highest BCUT2D eigenvalue weighted by molar-refractivity contribution is 7.89. The van der Waals surface area contributed by atoms with Crippen molar-refractivity contribution < 1.29 is 8.42 Å². The first-order chi connectivity index (χ1) is 6.02. The molecule has 0 aromatic rings. The Morgan fingerprint density at radius 3 is 2.21 bits per heavy atom. The molecule has 0 saturated carbocycles. The summed E-state index contributed by atoms with van der Waals surface area (Å²) < 4.78 is 25.0. The van der Waals surface area contributed by atoms with Gasteiger partial charge in [-0.25, -0.2) is 8.42 Å². The Morgan fingerprint density at radius 2 is 1.79 bits per heavy atom. The molecule has 0 atom stereocenters. The number of piperazine rings is 1. The largest absolute Gasteiger partial charge is 0.314 e. The Labute approximate surface area is 92.5 Å². The van der Waals surface area contributed by atoms with Gasteiger partial charge in [-0.15, -0.1) is 12.4 Å². The number of halogens is 1. The van der Waals surface area contributed by atoms with Gasteiger partial charge in [0.2, 0.25) is 10.0 Å². The van der Waals surface area contributed by atoms with Crippen molar-refractivity contribution in [2.24, 2.45) is 5.92 Å². The summed E-state index contributed by atoms with van der Waals surface area (Å²) in [5.74, 6) is 0.479. The molecule has 0 amide bonds. The first-order valence-corrected chi connectivity index (χ1v) is 6.32. The second kappa shape index (κ2) is 5.90. The lowest BCUT2D eigenvalue weighted by molar-refractivity contribution is 0.358. The number of sulfonamides is 1. The van der Waals surface area contributed by atoms with Crippen molar-refractivity contribution in [2.75, 3.05) is 31.9 Å². The Bertz CT molecular complexity index is 248. The van der Waals surface area contributed by atoms with Gasteiger partial charge in [0.25, 0.3) is 0 Å². The molecule has 6 heteroatoms. The van der Waals surface area contributed by atoms with Crippen molar-refractivity contribution in [1.29, 1.82) is 0 Å². The van der Waals surface area contributed by atoms with Crippen molar-refractivity contribution in [2.45, 2.75) is 13.8 Å². The molecule has 0 aliphatic carbocycles. The molecule has 0 spiro atoms. The first kappa shape index (κ1) is 14.2. The monoisotopic (exact) mass is 242 g/mol. The third-order valence-corrected chi connectivity index (χ3v) is 4.25. The minimum atomic E-state index is -2.99. The number of nitrogens with one attached hydrogen (secondary N) is 1. The Morgan fingerprint density at radius 1 is 1.29 bits per heavy atom. The van der Waals surface area contributed by atoms with Crippen LogP contribution in [0.3, 0.4) is 0 Å². The van der Waals surface area contributed by atoms with Crippen LogP contribution in [0.4, 0.5) is 0 Å². The molecule has 0 radical (unpaired) electrons. The van der Waals surface area contributed by atoms with Gasteiger partial charge in [-0.05, 0) is 5.92 Å². The molecule has 1 saturated heterocycles. The maximum Gasteiger partial charge on any atom is 0.214 e. The van der Waals surface area contributed by atoms with Crippen molar-refractivity contribution in [3.63, 3.8) is 0 Å². The van der Waals surface area contributed by atoms with Gasteiger partial charge in [-0.1, -0.05) is 13.8 Å². The molecule has 1 aliphatic heterocycles. The summed E-state index contributed by atoms with van der Waals surface area (Å²) >= 11 is 0. The van der Waals surface area contributed by atoms with E-state index in [0.29, 0.717) is 13.1 Å². The molecule has 0 aromatic carbocycles. The summed E-state index contributed by atoms with van der Waals surface area (Å²) in [4.78, 5) is 0. The fraction of sp³-hybridized carbons (Fsp3) is 1.00. The highest BCUT2D eigenvalue weighted by atomic mass is 35.5. The zero-order chi connectivity index (χ0) is 9.90. The minimum Gasteiger partial charge on any atom is -0.314 e.